The molecule has 0 amide bonds. The van der Waals surface area contributed by atoms with Crippen molar-refractivity contribution < 1.29 is 19.0 Å². The molecule has 0 aliphatic rings. The van der Waals surface area contributed by atoms with Crippen LogP contribution >= 0.6 is 43.5 Å². The third-order valence-corrected chi connectivity index (χ3v) is 7.17. The molecular formula is C25H26Br2ClN3O5. The monoisotopic (exact) mass is 641 g/mol. The Morgan fingerprint density at radius 1 is 1.28 bits per heavy atom. The molecule has 3 aromatic rings. The Morgan fingerprint density at radius 2 is 2.03 bits per heavy atom. The van der Waals surface area contributed by atoms with Gasteiger partial charge in [0.25, 0.3) is 5.56 Å². The van der Waals surface area contributed by atoms with E-state index in [1.54, 1.807) is 26.0 Å². The molecule has 8 nitrogen and oxygen atoms in total. The van der Waals surface area contributed by atoms with E-state index in [4.69, 9.17) is 25.8 Å². The zero-order valence-corrected chi connectivity index (χ0v) is 24.2. The summed E-state index contributed by atoms with van der Waals surface area (Å²) in [5, 5.41) is 5.11. The number of unbranched alkanes of at least 4 members (excludes halogenated alkanes) is 1. The SMILES string of the molecule is CCCCc1nc2ccc(Br)cc2c(=O)n1N=Cc1cc(OC)c(O[C@H](C)C(=O)OCC)c(Cl)c1Br. The van der Waals surface area contributed by atoms with Crippen LogP contribution in [0, 0.1) is 0 Å². The largest absolute Gasteiger partial charge is 0.493 e. The van der Waals surface area contributed by atoms with Crippen LogP contribution in [0.3, 0.4) is 0 Å². The van der Waals surface area contributed by atoms with E-state index in [0.717, 1.165) is 17.3 Å². The number of benzene rings is 2. The number of carbonyl (C=O) groups is 1. The number of aromatic nitrogens is 2. The molecule has 0 spiro atoms. The van der Waals surface area contributed by atoms with Crippen LogP contribution in [0.5, 0.6) is 11.5 Å². The normalized spacial score (nSPS) is 12.2. The van der Waals surface area contributed by atoms with Gasteiger partial charge >= 0.3 is 5.97 Å². The molecule has 0 saturated carbocycles. The van der Waals surface area contributed by atoms with Crippen molar-refractivity contribution in [3.05, 3.63) is 60.0 Å². The van der Waals surface area contributed by atoms with Crippen LogP contribution in [0.15, 0.2) is 43.1 Å². The Labute approximate surface area is 230 Å². The average molecular weight is 644 g/mol. The van der Waals surface area contributed by atoms with Crippen LogP contribution in [-0.2, 0) is 16.0 Å². The van der Waals surface area contributed by atoms with E-state index < -0.39 is 12.1 Å². The molecule has 1 heterocycles. The Morgan fingerprint density at radius 3 is 2.69 bits per heavy atom. The van der Waals surface area contributed by atoms with Gasteiger partial charge in [-0.3, -0.25) is 4.79 Å². The number of methoxy groups -OCH3 is 1. The van der Waals surface area contributed by atoms with Crippen molar-refractivity contribution in [2.75, 3.05) is 13.7 Å². The minimum atomic E-state index is -0.898. The Balaban J connectivity index is 2.06. The second kappa shape index (κ2) is 12.7. The molecule has 2 aromatic carbocycles. The number of ether oxygens (including phenoxy) is 3. The number of carbonyl (C=O) groups excluding carboxylic acids is 1. The van der Waals surface area contributed by atoms with Crippen molar-refractivity contribution in [3.8, 4) is 11.5 Å². The number of fused-ring (bicyclic) bond motifs is 1. The van der Waals surface area contributed by atoms with Crippen molar-refractivity contribution in [1.29, 1.82) is 0 Å². The number of halogens is 3. The molecule has 0 saturated heterocycles. The van der Waals surface area contributed by atoms with Gasteiger partial charge in [-0.1, -0.05) is 40.9 Å². The first-order chi connectivity index (χ1) is 17.2. The number of rotatable bonds is 10. The van der Waals surface area contributed by atoms with Crippen molar-refractivity contribution in [2.24, 2.45) is 5.10 Å². The molecule has 11 heteroatoms. The Bertz CT molecular complexity index is 1360. The van der Waals surface area contributed by atoms with Gasteiger partial charge < -0.3 is 14.2 Å². The number of nitrogens with zero attached hydrogens (tertiary/aromatic N) is 3. The van der Waals surface area contributed by atoms with Gasteiger partial charge in [0.15, 0.2) is 17.6 Å². The summed E-state index contributed by atoms with van der Waals surface area (Å²) in [5.41, 5.74) is 0.876. The molecule has 192 valence electrons. The summed E-state index contributed by atoms with van der Waals surface area (Å²) in [6, 6.07) is 7.03. The van der Waals surface area contributed by atoms with Crippen molar-refractivity contribution >= 4 is 66.5 Å². The lowest BCUT2D eigenvalue weighted by atomic mass is 10.2. The van der Waals surface area contributed by atoms with E-state index >= 15 is 0 Å². The Hall–Kier alpha value is -2.43. The van der Waals surface area contributed by atoms with Crippen LogP contribution in [0.2, 0.25) is 5.02 Å². The highest BCUT2D eigenvalue weighted by atomic mass is 79.9. The summed E-state index contributed by atoms with van der Waals surface area (Å²) in [6.07, 6.45) is 3.00. The van der Waals surface area contributed by atoms with E-state index in [0.29, 0.717) is 38.9 Å². The zero-order valence-electron chi connectivity index (χ0n) is 20.3. The smallest absolute Gasteiger partial charge is 0.347 e. The summed E-state index contributed by atoms with van der Waals surface area (Å²) in [5.74, 6) is 0.513. The first-order valence-electron chi connectivity index (χ1n) is 11.4. The lowest BCUT2D eigenvalue weighted by Gasteiger charge is -2.18. The lowest BCUT2D eigenvalue weighted by Crippen LogP contribution is -2.26. The van der Waals surface area contributed by atoms with Crippen LogP contribution in [0.25, 0.3) is 10.9 Å². The highest BCUT2D eigenvalue weighted by molar-refractivity contribution is 9.10. The summed E-state index contributed by atoms with van der Waals surface area (Å²) < 4.78 is 18.7. The fraction of sp³-hybridized carbons (Fsp3) is 0.360. The van der Waals surface area contributed by atoms with Crippen molar-refractivity contribution in [2.45, 2.75) is 46.1 Å². The molecule has 1 atom stereocenters. The predicted molar refractivity (Wildman–Crippen MR) is 148 cm³/mol. The third kappa shape index (κ3) is 6.27. The zero-order chi connectivity index (χ0) is 26.4. The van der Waals surface area contributed by atoms with Gasteiger partial charge in [-0.25, -0.2) is 9.78 Å². The number of hydrogen-bond donors (Lipinski definition) is 0. The van der Waals surface area contributed by atoms with Crippen LogP contribution in [-0.4, -0.2) is 41.7 Å². The summed E-state index contributed by atoms with van der Waals surface area (Å²) in [4.78, 5) is 30.0. The summed E-state index contributed by atoms with van der Waals surface area (Å²) in [7, 11) is 1.46. The van der Waals surface area contributed by atoms with Crippen LogP contribution in [0.1, 0.15) is 45.0 Å². The van der Waals surface area contributed by atoms with Crippen molar-refractivity contribution in [1.82, 2.24) is 9.66 Å². The maximum Gasteiger partial charge on any atom is 0.347 e. The maximum absolute atomic E-state index is 13.3. The predicted octanol–water partition coefficient (Wildman–Crippen LogP) is 6.14. The molecular weight excluding hydrogens is 618 g/mol. The van der Waals surface area contributed by atoms with Gasteiger partial charge in [0, 0.05) is 20.9 Å². The topological polar surface area (TPSA) is 92.0 Å². The maximum atomic E-state index is 13.3. The van der Waals surface area contributed by atoms with Gasteiger partial charge in [-0.15, -0.1) is 0 Å². The van der Waals surface area contributed by atoms with Crippen LogP contribution < -0.4 is 15.0 Å². The molecule has 1 aromatic heterocycles. The van der Waals surface area contributed by atoms with Gasteiger partial charge in [0.05, 0.1) is 30.8 Å². The molecule has 0 aliphatic heterocycles. The van der Waals surface area contributed by atoms with E-state index in [2.05, 4.69) is 48.9 Å². The number of esters is 1. The molecule has 0 radical (unpaired) electrons. The van der Waals surface area contributed by atoms with Crippen molar-refractivity contribution in [3.63, 3.8) is 0 Å². The van der Waals surface area contributed by atoms with Gasteiger partial charge in [0.2, 0.25) is 0 Å². The second-order valence-electron chi connectivity index (χ2n) is 7.79. The fourth-order valence-corrected chi connectivity index (χ4v) is 4.38. The second-order valence-corrected chi connectivity index (χ2v) is 9.88. The van der Waals surface area contributed by atoms with Gasteiger partial charge in [-0.2, -0.15) is 9.78 Å². The molecule has 36 heavy (non-hydrogen) atoms. The van der Waals surface area contributed by atoms with E-state index in [-0.39, 0.29) is 22.9 Å². The fourth-order valence-electron chi connectivity index (χ4n) is 3.38. The quantitative estimate of drug-likeness (QED) is 0.195. The molecule has 0 unspecified atom stereocenters. The van der Waals surface area contributed by atoms with Gasteiger partial charge in [-0.05, 0) is 60.5 Å². The van der Waals surface area contributed by atoms with Gasteiger partial charge in [0.1, 0.15) is 10.8 Å². The van der Waals surface area contributed by atoms with Crippen LogP contribution in [0.4, 0.5) is 0 Å². The highest BCUT2D eigenvalue weighted by Gasteiger charge is 2.23. The minimum Gasteiger partial charge on any atom is -0.493 e. The van der Waals surface area contributed by atoms with E-state index in [1.165, 1.54) is 18.0 Å². The molecule has 0 bridgehead atoms. The molecule has 3 rings (SSSR count). The third-order valence-electron chi connectivity index (χ3n) is 5.23. The molecule has 0 aliphatic carbocycles. The summed E-state index contributed by atoms with van der Waals surface area (Å²) in [6.45, 7) is 5.58. The Kier molecular flexibility index (Phi) is 9.92. The molecule has 0 N–H and O–H groups in total. The first-order valence-corrected chi connectivity index (χ1v) is 13.3. The highest BCUT2D eigenvalue weighted by Crippen LogP contribution is 2.42. The lowest BCUT2D eigenvalue weighted by molar-refractivity contribution is -0.150. The first kappa shape index (κ1) is 28.1. The van der Waals surface area contributed by atoms with E-state index in [1.807, 2.05) is 12.1 Å². The molecule has 0 fully saturated rings. The standard InChI is InChI=1S/C25H26Br2ClN3O5/c1-5-7-8-20-30-18-10-9-16(26)12-17(18)24(32)31(20)29-13-15-11-19(34-4)23(22(28)21(15)27)36-14(3)25(33)35-6-2/h9-14H,5-8H2,1-4H3/t14-/m1/s1. The van der Waals surface area contributed by atoms with E-state index in [9.17, 15) is 9.59 Å². The number of aryl methyl sites for hydroxylation is 1. The summed E-state index contributed by atoms with van der Waals surface area (Å²) >= 11 is 13.4. The number of hydrogen-bond acceptors (Lipinski definition) is 7. The minimum absolute atomic E-state index is 0.182. The average Bonchev–Trinajstić information content (AvgIpc) is 2.86.